The smallest absolute Gasteiger partial charge is 0.274 e. The summed E-state index contributed by atoms with van der Waals surface area (Å²) in [6, 6.07) is 8.59. The van der Waals surface area contributed by atoms with Crippen LogP contribution in [0.2, 0.25) is 0 Å². The van der Waals surface area contributed by atoms with Gasteiger partial charge >= 0.3 is 0 Å². The van der Waals surface area contributed by atoms with Crippen LogP contribution in [0.3, 0.4) is 0 Å². The number of primary amides is 1. The highest BCUT2D eigenvalue weighted by Crippen LogP contribution is 2.39. The van der Waals surface area contributed by atoms with Crippen LogP contribution in [0.1, 0.15) is 27.7 Å². The molecule has 3 N–H and O–H groups in total. The number of thioether (sulfide) groups is 1. The molecule has 1 aliphatic heterocycles. The maximum atomic E-state index is 12.3. The molecule has 1 heterocycles. The molecule has 0 saturated heterocycles. The number of nitrogens with two attached hydrogens (primary N) is 1. The predicted octanol–water partition coefficient (Wildman–Crippen LogP) is 0.304. The number of nitrogens with zero attached hydrogens (tertiary/aromatic N) is 2. The van der Waals surface area contributed by atoms with Gasteiger partial charge in [-0.15, -0.1) is 11.8 Å². The molecule has 108 valence electrons. The highest BCUT2D eigenvalue weighted by atomic mass is 32.2. The second-order valence-electron chi connectivity index (χ2n) is 4.26. The van der Waals surface area contributed by atoms with Gasteiger partial charge in [0.25, 0.3) is 11.8 Å². The number of benzene rings is 1. The molecule has 21 heavy (non-hydrogen) atoms. The van der Waals surface area contributed by atoms with E-state index in [0.717, 1.165) is 16.8 Å². The van der Waals surface area contributed by atoms with Crippen molar-refractivity contribution in [2.45, 2.75) is 11.8 Å². The van der Waals surface area contributed by atoms with Crippen LogP contribution in [-0.2, 0) is 9.59 Å². The molecule has 1 aromatic carbocycles. The van der Waals surface area contributed by atoms with E-state index in [1.165, 1.54) is 0 Å². The first kappa shape index (κ1) is 14.9. The zero-order valence-corrected chi connectivity index (χ0v) is 11.7. The number of nitrogens with one attached hydrogen (secondary N) is 1. The lowest BCUT2D eigenvalue weighted by Gasteiger charge is -2.24. The quantitative estimate of drug-likeness (QED) is 0.811. The zero-order chi connectivity index (χ0) is 15.4. The van der Waals surface area contributed by atoms with Crippen LogP contribution in [0.4, 0.5) is 0 Å². The maximum Gasteiger partial charge on any atom is 0.274 e. The van der Waals surface area contributed by atoms with E-state index < -0.39 is 17.2 Å². The number of hydrogen-bond donors (Lipinski definition) is 2. The molecular formula is C13H12N4O3S. The third-order valence-corrected chi connectivity index (χ3v) is 4.01. The molecule has 3 amide bonds. The normalized spacial score (nSPS) is 16.2. The van der Waals surface area contributed by atoms with Gasteiger partial charge in [-0.3, -0.25) is 19.8 Å². The number of hydrogen-bond acceptors (Lipinski definition) is 5. The molecule has 2 rings (SSSR count). The van der Waals surface area contributed by atoms with Crippen molar-refractivity contribution in [2.24, 2.45) is 5.73 Å². The Balaban J connectivity index is 2.25. The Kier molecular flexibility index (Phi) is 4.45. The first-order valence-corrected chi connectivity index (χ1v) is 7.08. The van der Waals surface area contributed by atoms with Gasteiger partial charge in [-0.2, -0.15) is 5.26 Å². The van der Waals surface area contributed by atoms with E-state index in [4.69, 9.17) is 11.0 Å². The van der Waals surface area contributed by atoms with Crippen molar-refractivity contribution in [3.8, 4) is 6.07 Å². The number of fused-ring (bicyclic) bond motifs is 1. The van der Waals surface area contributed by atoms with Crippen LogP contribution >= 0.6 is 11.8 Å². The van der Waals surface area contributed by atoms with Crippen LogP contribution in [0.15, 0.2) is 24.3 Å². The van der Waals surface area contributed by atoms with E-state index in [-0.39, 0.29) is 18.1 Å². The first-order chi connectivity index (χ1) is 10.0. The molecular weight excluding hydrogens is 292 g/mol. The van der Waals surface area contributed by atoms with E-state index in [9.17, 15) is 14.4 Å². The van der Waals surface area contributed by atoms with Crippen LogP contribution in [0.25, 0.3) is 0 Å². The zero-order valence-electron chi connectivity index (χ0n) is 10.9. The van der Waals surface area contributed by atoms with Gasteiger partial charge in [-0.1, -0.05) is 18.2 Å². The Morgan fingerprint density at radius 2 is 2.14 bits per heavy atom. The number of carbonyl (C=O) groups is 3. The van der Waals surface area contributed by atoms with Crippen molar-refractivity contribution in [1.29, 1.82) is 5.26 Å². The van der Waals surface area contributed by atoms with Crippen molar-refractivity contribution < 1.29 is 14.4 Å². The summed E-state index contributed by atoms with van der Waals surface area (Å²) in [6.07, 6.45) is -0.354. The van der Waals surface area contributed by atoms with E-state index in [1.807, 2.05) is 0 Å². The van der Waals surface area contributed by atoms with Crippen LogP contribution in [0, 0.1) is 11.3 Å². The summed E-state index contributed by atoms with van der Waals surface area (Å²) >= 11 is 1.14. The van der Waals surface area contributed by atoms with Crippen LogP contribution in [-0.4, -0.2) is 28.5 Å². The minimum Gasteiger partial charge on any atom is -0.369 e. The topological polar surface area (TPSA) is 116 Å². The second-order valence-corrected chi connectivity index (χ2v) is 5.33. The molecule has 1 unspecified atom stereocenters. The lowest BCUT2D eigenvalue weighted by Crippen LogP contribution is -2.43. The minimum absolute atomic E-state index is 0.0108. The van der Waals surface area contributed by atoms with Crippen LogP contribution < -0.4 is 11.2 Å². The summed E-state index contributed by atoms with van der Waals surface area (Å²) < 4.78 is 0. The summed E-state index contributed by atoms with van der Waals surface area (Å²) in [5.74, 6) is -1.46. The highest BCUT2D eigenvalue weighted by Gasteiger charge is 2.38. The molecule has 8 heteroatoms. The van der Waals surface area contributed by atoms with Crippen LogP contribution in [0.5, 0.6) is 0 Å². The Bertz CT molecular complexity index is 641. The number of nitriles is 1. The van der Waals surface area contributed by atoms with Gasteiger partial charge in [0.15, 0.2) is 0 Å². The Labute approximate surface area is 125 Å². The number of hydrazine groups is 1. The average molecular weight is 304 g/mol. The largest absolute Gasteiger partial charge is 0.369 e. The number of amides is 3. The fraction of sp³-hybridized carbons (Fsp3) is 0.231. The van der Waals surface area contributed by atoms with Crippen molar-refractivity contribution >= 4 is 29.5 Å². The Morgan fingerprint density at radius 1 is 1.43 bits per heavy atom. The highest BCUT2D eigenvalue weighted by molar-refractivity contribution is 8.00. The maximum absolute atomic E-state index is 12.3. The summed E-state index contributed by atoms with van der Waals surface area (Å²) in [6.45, 7) is 0. The third-order valence-electron chi connectivity index (χ3n) is 2.78. The van der Waals surface area contributed by atoms with E-state index in [2.05, 4.69) is 5.43 Å². The third kappa shape index (κ3) is 3.14. The van der Waals surface area contributed by atoms with Crippen molar-refractivity contribution in [1.82, 2.24) is 10.4 Å². The molecule has 1 aromatic rings. The Morgan fingerprint density at radius 3 is 2.81 bits per heavy atom. The van der Waals surface area contributed by atoms with E-state index in [1.54, 1.807) is 30.3 Å². The molecule has 0 spiro atoms. The van der Waals surface area contributed by atoms with E-state index in [0.29, 0.717) is 11.1 Å². The molecule has 0 bridgehead atoms. The minimum atomic E-state index is -0.580. The molecule has 0 aromatic heterocycles. The Hall–Kier alpha value is -2.53. The summed E-state index contributed by atoms with van der Waals surface area (Å²) in [7, 11) is 0. The van der Waals surface area contributed by atoms with Gasteiger partial charge in [0.1, 0.15) is 11.8 Å². The van der Waals surface area contributed by atoms with Gasteiger partial charge in [0.05, 0.1) is 11.8 Å². The molecule has 7 nitrogen and oxygen atoms in total. The molecule has 0 radical (unpaired) electrons. The van der Waals surface area contributed by atoms with E-state index >= 15 is 0 Å². The fourth-order valence-corrected chi connectivity index (χ4v) is 2.97. The second kappa shape index (κ2) is 6.28. The average Bonchev–Trinajstić information content (AvgIpc) is 2.70. The van der Waals surface area contributed by atoms with Gasteiger partial charge < -0.3 is 5.73 Å². The number of carbonyl (C=O) groups excluding carboxylic acids is 3. The van der Waals surface area contributed by atoms with Gasteiger partial charge in [-0.25, -0.2) is 5.01 Å². The lowest BCUT2D eigenvalue weighted by molar-refractivity contribution is -0.124. The van der Waals surface area contributed by atoms with Gasteiger partial charge in [0.2, 0.25) is 5.91 Å². The molecule has 1 atom stereocenters. The summed E-state index contributed by atoms with van der Waals surface area (Å²) in [5.41, 5.74) is 8.68. The fourth-order valence-electron chi connectivity index (χ4n) is 1.96. The van der Waals surface area contributed by atoms with Gasteiger partial charge in [-0.05, 0) is 11.6 Å². The number of rotatable bonds is 5. The van der Waals surface area contributed by atoms with Crippen molar-refractivity contribution in [3.05, 3.63) is 35.4 Å². The first-order valence-electron chi connectivity index (χ1n) is 6.03. The molecule has 0 aliphatic carbocycles. The lowest BCUT2D eigenvalue weighted by atomic mass is 10.1. The standard InChI is InChI=1S/C13H12N4O3S/c14-6-5-11(19)16-17-12(20)8-3-1-2-4-9(8)13(17)21-7-10(15)18/h1-4,13H,5,7H2,(H2,15,18)(H,16,19). The van der Waals surface area contributed by atoms with Crippen molar-refractivity contribution in [2.75, 3.05) is 5.75 Å². The molecule has 1 aliphatic rings. The SMILES string of the molecule is N#CCC(=O)NN1C(=O)c2ccccc2C1SCC(N)=O. The molecule has 0 saturated carbocycles. The monoisotopic (exact) mass is 304 g/mol. The van der Waals surface area contributed by atoms with Gasteiger partial charge in [0, 0.05) is 5.56 Å². The summed E-state index contributed by atoms with van der Waals surface area (Å²) in [4.78, 5) is 34.8. The summed E-state index contributed by atoms with van der Waals surface area (Å²) in [5, 5.41) is 9.11. The molecule has 0 fully saturated rings. The predicted molar refractivity (Wildman–Crippen MR) is 75.4 cm³/mol. The van der Waals surface area contributed by atoms with Crippen molar-refractivity contribution in [3.63, 3.8) is 0 Å².